The molecule has 1 aromatic carbocycles. The van der Waals surface area contributed by atoms with Crippen molar-refractivity contribution in [2.45, 2.75) is 6.54 Å². The molecule has 2 rings (SSSR count). The third kappa shape index (κ3) is 2.80. The number of nitrogens with one attached hydrogen (secondary N) is 1. The highest BCUT2D eigenvalue weighted by Gasteiger charge is 2.02. The van der Waals surface area contributed by atoms with Gasteiger partial charge in [-0.3, -0.25) is 0 Å². The molecular weight excluding hydrogens is 334 g/mol. The maximum absolute atomic E-state index is 4.14. The van der Waals surface area contributed by atoms with Gasteiger partial charge in [0.25, 0.3) is 0 Å². The van der Waals surface area contributed by atoms with Gasteiger partial charge in [-0.25, -0.2) is 9.97 Å². The Morgan fingerprint density at radius 3 is 2.69 bits per heavy atom. The second-order valence-electron chi connectivity index (χ2n) is 3.16. The molecule has 0 amide bonds. The highest BCUT2D eigenvalue weighted by Crippen LogP contribution is 2.20. The molecule has 0 saturated heterocycles. The molecule has 2 aromatic rings. The summed E-state index contributed by atoms with van der Waals surface area (Å²) in [6.45, 7) is 0.719. The molecule has 0 aliphatic heterocycles. The van der Waals surface area contributed by atoms with E-state index < -0.39 is 0 Å². The number of rotatable bonds is 3. The van der Waals surface area contributed by atoms with Crippen LogP contribution in [0.4, 0.5) is 5.82 Å². The first-order chi connectivity index (χ1) is 7.77. The van der Waals surface area contributed by atoms with E-state index in [0.29, 0.717) is 0 Å². The molecule has 82 valence electrons. The van der Waals surface area contributed by atoms with Crippen LogP contribution in [0.15, 0.2) is 45.7 Å². The van der Waals surface area contributed by atoms with E-state index in [0.717, 1.165) is 21.3 Å². The number of nitrogens with zero attached hydrogens (tertiary/aromatic N) is 2. The minimum Gasteiger partial charge on any atom is -0.365 e. The van der Waals surface area contributed by atoms with Crippen LogP contribution < -0.4 is 5.32 Å². The Hall–Kier alpha value is -0.940. The summed E-state index contributed by atoms with van der Waals surface area (Å²) in [7, 11) is 0. The molecule has 0 spiro atoms. The fourth-order valence-electron chi connectivity index (χ4n) is 1.26. The molecule has 3 nitrogen and oxygen atoms in total. The van der Waals surface area contributed by atoms with Gasteiger partial charge in [0.2, 0.25) is 0 Å². The maximum Gasteiger partial charge on any atom is 0.144 e. The topological polar surface area (TPSA) is 37.8 Å². The Morgan fingerprint density at radius 1 is 1.12 bits per heavy atom. The summed E-state index contributed by atoms with van der Waals surface area (Å²) in [5.74, 6) is 0.797. The summed E-state index contributed by atoms with van der Waals surface area (Å²) < 4.78 is 1.95. The minimum atomic E-state index is 0.719. The van der Waals surface area contributed by atoms with Crippen LogP contribution in [-0.4, -0.2) is 9.97 Å². The van der Waals surface area contributed by atoms with E-state index in [1.807, 2.05) is 18.2 Å². The maximum atomic E-state index is 4.14. The van der Waals surface area contributed by atoms with E-state index in [9.17, 15) is 0 Å². The fraction of sp³-hybridized carbons (Fsp3) is 0.0909. The van der Waals surface area contributed by atoms with Gasteiger partial charge in [-0.05, 0) is 27.6 Å². The van der Waals surface area contributed by atoms with Gasteiger partial charge in [-0.1, -0.05) is 34.1 Å². The van der Waals surface area contributed by atoms with Crippen LogP contribution in [0.1, 0.15) is 5.56 Å². The van der Waals surface area contributed by atoms with Crippen LogP contribution in [0.3, 0.4) is 0 Å². The lowest BCUT2D eigenvalue weighted by Gasteiger charge is -2.08. The third-order valence-electron chi connectivity index (χ3n) is 2.07. The molecule has 0 fully saturated rings. The lowest BCUT2D eigenvalue weighted by Crippen LogP contribution is -2.02. The standard InChI is InChI=1S/C11H9Br2N3/c12-9-4-2-1-3-8(9)5-15-11-10(13)6-14-7-16-11/h1-4,6-7H,5H2,(H,14,15,16). The average Bonchev–Trinajstić information content (AvgIpc) is 2.30. The first-order valence-electron chi connectivity index (χ1n) is 4.70. The zero-order valence-corrected chi connectivity index (χ0v) is 11.5. The second-order valence-corrected chi connectivity index (χ2v) is 4.87. The molecule has 1 N–H and O–H groups in total. The summed E-state index contributed by atoms with van der Waals surface area (Å²) in [6, 6.07) is 8.09. The minimum absolute atomic E-state index is 0.719. The summed E-state index contributed by atoms with van der Waals surface area (Å²) in [6.07, 6.45) is 3.24. The lowest BCUT2D eigenvalue weighted by molar-refractivity contribution is 1.07. The van der Waals surface area contributed by atoms with Crippen LogP contribution in [-0.2, 0) is 6.54 Å². The van der Waals surface area contributed by atoms with Crippen molar-refractivity contribution in [2.75, 3.05) is 5.32 Å². The number of hydrogen-bond acceptors (Lipinski definition) is 3. The molecular formula is C11H9Br2N3. The zero-order valence-electron chi connectivity index (χ0n) is 8.32. The molecule has 0 radical (unpaired) electrons. The fourth-order valence-corrected chi connectivity index (χ4v) is 2.05. The van der Waals surface area contributed by atoms with Gasteiger partial charge in [0, 0.05) is 17.2 Å². The van der Waals surface area contributed by atoms with Gasteiger partial charge < -0.3 is 5.32 Å². The predicted molar refractivity (Wildman–Crippen MR) is 71.2 cm³/mol. The van der Waals surface area contributed by atoms with Crippen molar-refractivity contribution in [1.82, 2.24) is 9.97 Å². The van der Waals surface area contributed by atoms with E-state index in [1.165, 1.54) is 11.9 Å². The molecule has 16 heavy (non-hydrogen) atoms. The monoisotopic (exact) mass is 341 g/mol. The van der Waals surface area contributed by atoms with Crippen LogP contribution in [0.25, 0.3) is 0 Å². The van der Waals surface area contributed by atoms with Crippen molar-refractivity contribution in [2.24, 2.45) is 0 Å². The number of hydrogen-bond donors (Lipinski definition) is 1. The van der Waals surface area contributed by atoms with Crippen molar-refractivity contribution in [3.63, 3.8) is 0 Å². The smallest absolute Gasteiger partial charge is 0.144 e. The lowest BCUT2D eigenvalue weighted by atomic mass is 10.2. The summed E-state index contributed by atoms with van der Waals surface area (Å²) in [5, 5.41) is 3.24. The first kappa shape index (κ1) is 11.5. The Kier molecular flexibility index (Phi) is 3.90. The second kappa shape index (κ2) is 5.41. The summed E-state index contributed by atoms with van der Waals surface area (Å²) in [4.78, 5) is 8.05. The summed E-state index contributed by atoms with van der Waals surface area (Å²) >= 11 is 6.89. The number of aromatic nitrogens is 2. The Morgan fingerprint density at radius 2 is 1.94 bits per heavy atom. The quantitative estimate of drug-likeness (QED) is 0.925. The Bertz CT molecular complexity index is 443. The van der Waals surface area contributed by atoms with Crippen LogP contribution in [0, 0.1) is 0 Å². The molecule has 0 bridgehead atoms. The van der Waals surface area contributed by atoms with Crippen LogP contribution >= 0.6 is 31.9 Å². The SMILES string of the molecule is Brc1ccccc1CNc1ncncc1Br. The van der Waals surface area contributed by atoms with Gasteiger partial charge in [0.15, 0.2) is 0 Å². The average molecular weight is 343 g/mol. The number of halogens is 2. The highest BCUT2D eigenvalue weighted by molar-refractivity contribution is 9.10. The van der Waals surface area contributed by atoms with E-state index in [-0.39, 0.29) is 0 Å². The van der Waals surface area contributed by atoms with Crippen LogP contribution in [0.5, 0.6) is 0 Å². The molecule has 0 saturated carbocycles. The largest absolute Gasteiger partial charge is 0.365 e. The van der Waals surface area contributed by atoms with Crippen molar-refractivity contribution in [3.05, 3.63) is 51.3 Å². The molecule has 5 heteroatoms. The molecule has 1 aromatic heterocycles. The van der Waals surface area contributed by atoms with Crippen LogP contribution in [0.2, 0.25) is 0 Å². The number of benzene rings is 1. The Labute approximate surface area is 111 Å². The van der Waals surface area contributed by atoms with Gasteiger partial charge in [-0.2, -0.15) is 0 Å². The zero-order chi connectivity index (χ0) is 11.4. The van der Waals surface area contributed by atoms with Gasteiger partial charge >= 0.3 is 0 Å². The molecule has 0 unspecified atom stereocenters. The number of anilines is 1. The molecule has 0 aliphatic rings. The predicted octanol–water partition coefficient (Wildman–Crippen LogP) is 3.61. The van der Waals surface area contributed by atoms with Crippen molar-refractivity contribution in [1.29, 1.82) is 0 Å². The molecule has 0 aliphatic carbocycles. The van der Waals surface area contributed by atoms with Gasteiger partial charge in [0.1, 0.15) is 12.1 Å². The van der Waals surface area contributed by atoms with E-state index in [1.54, 1.807) is 6.20 Å². The van der Waals surface area contributed by atoms with Gasteiger partial charge in [-0.15, -0.1) is 0 Å². The van der Waals surface area contributed by atoms with Crippen molar-refractivity contribution < 1.29 is 0 Å². The van der Waals surface area contributed by atoms with E-state index in [2.05, 4.69) is 53.2 Å². The van der Waals surface area contributed by atoms with Gasteiger partial charge in [0.05, 0.1) is 4.47 Å². The Balaban J connectivity index is 2.09. The normalized spacial score (nSPS) is 10.1. The first-order valence-corrected chi connectivity index (χ1v) is 6.29. The molecule has 0 atom stereocenters. The van der Waals surface area contributed by atoms with Crippen molar-refractivity contribution >= 4 is 37.7 Å². The third-order valence-corrected chi connectivity index (χ3v) is 3.43. The molecule has 1 heterocycles. The van der Waals surface area contributed by atoms with Crippen molar-refractivity contribution in [3.8, 4) is 0 Å². The van der Waals surface area contributed by atoms with E-state index in [4.69, 9.17) is 0 Å². The van der Waals surface area contributed by atoms with E-state index >= 15 is 0 Å². The highest BCUT2D eigenvalue weighted by atomic mass is 79.9. The summed E-state index contributed by atoms with van der Waals surface area (Å²) in [5.41, 5.74) is 1.19.